The fourth-order valence-corrected chi connectivity index (χ4v) is 16.1. The summed E-state index contributed by atoms with van der Waals surface area (Å²) in [6.07, 6.45) is 0.570. The summed E-state index contributed by atoms with van der Waals surface area (Å²) in [5.41, 5.74) is 21.3. The molecule has 0 spiro atoms. The molecule has 42 nitrogen and oxygen atoms in total. The highest BCUT2D eigenvalue weighted by Crippen LogP contribution is 2.26. The largest absolute Gasteiger partial charge is 0.481 e. The summed E-state index contributed by atoms with van der Waals surface area (Å²) in [6, 6.07) is 14.6. The number of benzene rings is 4. The minimum atomic E-state index is -2.00. The molecule has 0 aliphatic carbocycles. The number of amides is 15. The molecule has 0 saturated carbocycles. The lowest BCUT2D eigenvalue weighted by Crippen LogP contribution is -2.61. The van der Waals surface area contributed by atoms with Crippen molar-refractivity contribution in [2.24, 2.45) is 35.0 Å². The summed E-state index contributed by atoms with van der Waals surface area (Å²) in [5, 5.41) is 63.1. The normalized spacial score (nSPS) is 23.1. The lowest BCUT2D eigenvalue weighted by atomic mass is 9.98. The van der Waals surface area contributed by atoms with Crippen LogP contribution in [0, 0.1) is 28.6 Å². The summed E-state index contributed by atoms with van der Waals surface area (Å²) < 4.78 is 5.64. The number of primary amides is 1. The van der Waals surface area contributed by atoms with Crippen LogP contribution in [-0.4, -0.2) is 293 Å². The number of guanidine groups is 2. The molecule has 3 aliphatic rings. The number of aromatic nitrogens is 2. The number of nitrogens with zero attached hydrogens (tertiary/aromatic N) is 4. The zero-order chi connectivity index (χ0) is 97.0. The minimum absolute atomic E-state index is 0.000440. The number of hydrogen-bond acceptors (Lipinski definition) is 22. The third-order valence-electron chi connectivity index (χ3n) is 22.3. The number of aliphatic carboxylic acids is 1. The number of hydrogen-bond donors (Lipinski definition) is 21. The van der Waals surface area contributed by atoms with E-state index in [1.165, 1.54) is 24.5 Å². The van der Waals surface area contributed by atoms with Crippen LogP contribution >= 0.6 is 11.8 Å². The number of carbonyl (C=O) groups excluding carboxylic acids is 15. The first-order valence-corrected chi connectivity index (χ1v) is 45.5. The van der Waals surface area contributed by atoms with E-state index in [0.717, 1.165) is 38.9 Å². The van der Waals surface area contributed by atoms with E-state index >= 15 is 19.2 Å². The number of imidazole rings is 1. The zero-order valence-electron chi connectivity index (χ0n) is 75.8. The standard InChI is InChI=1S/C90H126N24O18S/c1-51(2)39-63-80(123)109-69(77(120)99-45-71(91)115)48-133-49-73(117)102-68(46-113-35-37-132-38-36-113)84(127)106-64(40-54-24-28-58(29-25-54)56-17-10-8-11-18-56)81(124)108-67(41-55-26-30-59(31-27-55)57-19-12-9-13-20-57)87(130)112(7)47-72(116)101-65(42-60-44-96-50-100-60)82(125)107-66(43-74(118)119)83(126)103-62(22-15-33-98-90(94)95)79(122)111-76(53(5)6)88(131)114-34-16-23-70(114)85(128)110-75(52(3)4)86(129)104-61(78(121)105-63)21-14-32-97-89(92)93/h8-13,17-20,24-31,44,50-53,61-70,75-76H,14-16,21-23,32-43,45-49H2,1-7H3,(H2,91,115)(H,96,100)(H,99,120)(H,101,116)(H,102,117)(H,103,126)(H,104,129)(H,105,121)(H,106,127)(H,107,125)(H,108,124)(H,109,123)(H,110,128)(H,111,122)(H,118,119)(H4,92,93,97)(H4,94,95,98)/t61-,62+,63-,64-,65-,66-,67-,68-,69-,70-,75-,76-/m0/s1. The van der Waals surface area contributed by atoms with Gasteiger partial charge in [-0.3, -0.25) is 92.4 Å². The van der Waals surface area contributed by atoms with Crippen molar-refractivity contribution in [3.05, 3.63) is 139 Å². The van der Waals surface area contributed by atoms with Crippen LogP contribution in [0.4, 0.5) is 0 Å². The van der Waals surface area contributed by atoms with Gasteiger partial charge in [0.05, 0.1) is 44.8 Å². The van der Waals surface area contributed by atoms with E-state index in [1.807, 2.05) is 89.8 Å². The van der Waals surface area contributed by atoms with Crippen LogP contribution in [0.25, 0.3) is 22.3 Å². The maximum absolute atomic E-state index is 15.6. The molecule has 8 rings (SSSR count). The Labute approximate surface area is 775 Å². The molecule has 4 aromatic carbocycles. The van der Waals surface area contributed by atoms with Crippen molar-refractivity contribution in [2.45, 2.75) is 185 Å². The van der Waals surface area contributed by atoms with Crippen LogP contribution in [0.1, 0.15) is 110 Å². The SMILES string of the molecule is CC(C)C[C@@H]1NC(=O)[C@H](CCCNC(=N)N)NC(=O)[C@H](C(C)C)NC(=O)[C@@H]2CCCN2C(=O)[C@H](C(C)C)NC(=O)[C@@H](CCCNC(=N)N)NC(=O)[C@H](CC(=O)O)NC(=O)[C@H](Cc2cnc[nH]2)NC(=O)CN(C)C(=O)[C@H](Cc2ccc(-c3ccccc3)cc2)NC(=O)[C@H](Cc2ccc(-c3ccccc3)cc2)NC(=O)[C@H](CN2CCOCC2)NC(=O)CSC[C@@H](C(=O)NCC(N)=O)NC1=O. The van der Waals surface area contributed by atoms with E-state index in [0.29, 0.717) is 24.2 Å². The Morgan fingerprint density at radius 1 is 0.519 bits per heavy atom. The molecule has 5 aromatic rings. The predicted octanol–water partition coefficient (Wildman–Crippen LogP) is -2.41. The third kappa shape index (κ3) is 34.3. The molecule has 4 heterocycles. The number of carbonyl (C=O) groups is 16. The molecule has 3 aliphatic heterocycles. The van der Waals surface area contributed by atoms with E-state index in [-0.39, 0.29) is 121 Å². The molecule has 133 heavy (non-hydrogen) atoms. The van der Waals surface area contributed by atoms with Gasteiger partial charge in [0.2, 0.25) is 88.6 Å². The molecule has 15 amide bonds. The number of ether oxygens (including phenoxy) is 1. The van der Waals surface area contributed by atoms with Crippen LogP contribution in [0.2, 0.25) is 0 Å². The van der Waals surface area contributed by atoms with Crippen LogP contribution in [0.3, 0.4) is 0 Å². The maximum atomic E-state index is 15.6. The zero-order valence-corrected chi connectivity index (χ0v) is 76.6. The van der Waals surface area contributed by atoms with Crippen molar-refractivity contribution in [3.8, 4) is 22.3 Å². The maximum Gasteiger partial charge on any atom is 0.305 e. The number of carboxylic acid groups (broad SMARTS) is 1. The van der Waals surface area contributed by atoms with Crippen LogP contribution in [0.5, 0.6) is 0 Å². The number of rotatable bonds is 27. The van der Waals surface area contributed by atoms with Gasteiger partial charge >= 0.3 is 5.97 Å². The molecule has 24 N–H and O–H groups in total. The van der Waals surface area contributed by atoms with E-state index < -0.39 is 216 Å². The van der Waals surface area contributed by atoms with Gasteiger partial charge in [-0.15, -0.1) is 11.8 Å². The number of aromatic amines is 1. The Balaban J connectivity index is 1.20. The molecule has 0 bridgehead atoms. The molecular formula is C90H126N24O18S. The van der Waals surface area contributed by atoms with Gasteiger partial charge in [0.15, 0.2) is 11.9 Å². The minimum Gasteiger partial charge on any atom is -0.481 e. The second kappa shape index (κ2) is 52.5. The van der Waals surface area contributed by atoms with Gasteiger partial charge in [0.25, 0.3) is 0 Å². The first-order valence-electron chi connectivity index (χ1n) is 44.3. The summed E-state index contributed by atoms with van der Waals surface area (Å²) in [7, 11) is 1.26. The van der Waals surface area contributed by atoms with Gasteiger partial charge in [-0.05, 0) is 96.1 Å². The van der Waals surface area contributed by atoms with E-state index in [9.17, 15) is 62.6 Å². The first-order chi connectivity index (χ1) is 63.4. The summed E-state index contributed by atoms with van der Waals surface area (Å²) >= 11 is 0.826. The van der Waals surface area contributed by atoms with Crippen LogP contribution in [0.15, 0.2) is 122 Å². The Morgan fingerprint density at radius 3 is 1.53 bits per heavy atom. The lowest BCUT2D eigenvalue weighted by Gasteiger charge is -2.33. The number of nitrogens with one attached hydrogen (secondary N) is 17. The van der Waals surface area contributed by atoms with Gasteiger partial charge in [0.1, 0.15) is 72.5 Å². The van der Waals surface area contributed by atoms with Crippen molar-refractivity contribution < 1.29 is 86.6 Å². The average molecular weight is 1860 g/mol. The smallest absolute Gasteiger partial charge is 0.305 e. The molecular weight excluding hydrogens is 1740 g/mol. The lowest BCUT2D eigenvalue weighted by molar-refractivity contribution is -0.144. The van der Waals surface area contributed by atoms with Crippen LogP contribution in [-0.2, 0) is 101 Å². The molecule has 12 atom stereocenters. The topological polar surface area (TPSA) is 635 Å². The Kier molecular flexibility index (Phi) is 41.3. The molecule has 1 aromatic heterocycles. The highest BCUT2D eigenvalue weighted by atomic mass is 32.2. The Morgan fingerprint density at radius 2 is 0.992 bits per heavy atom. The van der Waals surface area contributed by atoms with E-state index in [1.54, 1.807) is 65.8 Å². The number of likely N-dealkylation sites (N-methyl/N-ethyl adjacent to an activating group) is 1. The molecule has 3 fully saturated rings. The van der Waals surface area contributed by atoms with Gasteiger partial charge in [-0.1, -0.05) is 151 Å². The second-order valence-corrected chi connectivity index (χ2v) is 35.2. The van der Waals surface area contributed by atoms with Gasteiger partial charge in [-0.25, -0.2) is 4.98 Å². The molecule has 43 heteroatoms. The average Bonchev–Trinajstić information content (AvgIpc) is 1.67. The quantitative estimate of drug-likeness (QED) is 0.0148. The molecule has 720 valence electrons. The molecule has 0 radical (unpaired) electrons. The van der Waals surface area contributed by atoms with Gasteiger partial charge < -0.3 is 116 Å². The highest BCUT2D eigenvalue weighted by molar-refractivity contribution is 8.00. The van der Waals surface area contributed by atoms with Crippen molar-refractivity contribution >= 4 is 118 Å². The Hall–Kier alpha value is -13.6. The van der Waals surface area contributed by atoms with Gasteiger partial charge in [0, 0.05) is 83.2 Å². The van der Waals surface area contributed by atoms with E-state index in [2.05, 4.69) is 84.4 Å². The number of nitrogens with two attached hydrogens (primary N) is 3. The summed E-state index contributed by atoms with van der Waals surface area (Å²) in [5.74, 6) is -19.0. The number of thioether (sulfide) groups is 1. The predicted molar refractivity (Wildman–Crippen MR) is 494 cm³/mol. The van der Waals surface area contributed by atoms with Gasteiger partial charge in [-0.2, -0.15) is 0 Å². The summed E-state index contributed by atoms with van der Waals surface area (Å²) in [6.45, 7) is 9.32. The van der Waals surface area contributed by atoms with Crippen molar-refractivity contribution in [2.75, 3.05) is 84.1 Å². The highest BCUT2D eigenvalue weighted by Gasteiger charge is 2.43. The second-order valence-electron chi connectivity index (χ2n) is 34.1. The monoisotopic (exact) mass is 1860 g/mol. The van der Waals surface area contributed by atoms with Crippen molar-refractivity contribution in [1.29, 1.82) is 10.8 Å². The molecule has 0 unspecified atom stereocenters. The summed E-state index contributed by atoms with van der Waals surface area (Å²) in [4.78, 5) is 244. The van der Waals surface area contributed by atoms with Crippen molar-refractivity contribution in [3.63, 3.8) is 0 Å². The first kappa shape index (κ1) is 105. The Bertz CT molecular complexity index is 4840. The van der Waals surface area contributed by atoms with Crippen LogP contribution < -0.4 is 91.6 Å². The number of carboxylic acids is 1. The fourth-order valence-electron chi connectivity index (χ4n) is 15.3. The van der Waals surface area contributed by atoms with Crippen molar-refractivity contribution in [1.82, 2.24) is 99.1 Å². The number of H-pyrrole nitrogens is 1. The number of morpholine rings is 1. The molecule has 3 saturated heterocycles. The van der Waals surface area contributed by atoms with E-state index in [4.69, 9.17) is 32.8 Å². The third-order valence-corrected chi connectivity index (χ3v) is 23.4. The number of fused-ring (bicyclic) bond motifs is 1. The fraction of sp³-hybridized carbons (Fsp3) is 0.500.